The van der Waals surface area contributed by atoms with Crippen molar-refractivity contribution in [2.75, 3.05) is 13.1 Å². The maximum absolute atomic E-state index is 4.62. The van der Waals surface area contributed by atoms with Gasteiger partial charge in [0.2, 0.25) is 0 Å². The van der Waals surface area contributed by atoms with Gasteiger partial charge in [0.1, 0.15) is 5.82 Å². The summed E-state index contributed by atoms with van der Waals surface area (Å²) in [5, 5.41) is 7.85. The highest BCUT2D eigenvalue weighted by atomic mass is 15.3. The number of rotatable bonds is 2. The van der Waals surface area contributed by atoms with Crippen molar-refractivity contribution in [2.24, 2.45) is 7.05 Å². The van der Waals surface area contributed by atoms with Gasteiger partial charge in [0.25, 0.3) is 0 Å². The normalized spacial score (nSPS) is 22.7. The zero-order valence-electron chi connectivity index (χ0n) is 9.66. The third-order valence-corrected chi connectivity index (χ3v) is 3.10. The largest absolute Gasteiger partial charge is 0.317 e. The van der Waals surface area contributed by atoms with Crippen molar-refractivity contribution in [3.8, 4) is 0 Å². The van der Waals surface area contributed by atoms with Crippen LogP contribution in [0.5, 0.6) is 0 Å². The number of nitrogens with zero attached hydrogens (tertiary/aromatic N) is 3. The highest BCUT2D eigenvalue weighted by Crippen LogP contribution is 2.24. The van der Waals surface area contributed by atoms with Crippen LogP contribution in [0.3, 0.4) is 0 Å². The van der Waals surface area contributed by atoms with Crippen LogP contribution in [-0.4, -0.2) is 27.9 Å². The molecule has 4 nitrogen and oxygen atoms in total. The molecule has 1 aliphatic rings. The standard InChI is InChI=1S/C11H20N4/c1-3-10-13-11(15(2)14-10)9-5-4-7-12-8-6-9/h9,12H,3-8H2,1-2H3. The second-order valence-corrected chi connectivity index (χ2v) is 4.24. The first-order valence-corrected chi connectivity index (χ1v) is 5.91. The molecule has 2 heterocycles. The molecule has 1 unspecified atom stereocenters. The smallest absolute Gasteiger partial charge is 0.150 e. The monoisotopic (exact) mass is 208 g/mol. The average Bonchev–Trinajstić information content (AvgIpc) is 2.48. The molecule has 0 saturated carbocycles. The summed E-state index contributed by atoms with van der Waals surface area (Å²) in [7, 11) is 2.01. The van der Waals surface area contributed by atoms with E-state index in [1.165, 1.54) is 25.1 Å². The maximum Gasteiger partial charge on any atom is 0.150 e. The molecule has 1 aliphatic heterocycles. The molecule has 1 N–H and O–H groups in total. The number of aryl methyl sites for hydroxylation is 2. The molecule has 1 aromatic rings. The van der Waals surface area contributed by atoms with Gasteiger partial charge in [0.15, 0.2) is 5.82 Å². The Morgan fingerprint density at radius 2 is 2.27 bits per heavy atom. The molecular formula is C11H20N4. The SMILES string of the molecule is CCc1nc(C2CCCNCC2)n(C)n1. The summed E-state index contributed by atoms with van der Waals surface area (Å²) < 4.78 is 1.97. The molecule has 0 radical (unpaired) electrons. The van der Waals surface area contributed by atoms with Gasteiger partial charge in [0.05, 0.1) is 0 Å². The van der Waals surface area contributed by atoms with E-state index in [9.17, 15) is 0 Å². The Hall–Kier alpha value is -0.900. The van der Waals surface area contributed by atoms with Crippen LogP contribution in [0.1, 0.15) is 43.8 Å². The van der Waals surface area contributed by atoms with Gasteiger partial charge >= 0.3 is 0 Å². The van der Waals surface area contributed by atoms with Crippen LogP contribution in [0.25, 0.3) is 0 Å². The Morgan fingerprint density at radius 3 is 3.00 bits per heavy atom. The van der Waals surface area contributed by atoms with E-state index in [0.717, 1.165) is 25.3 Å². The second kappa shape index (κ2) is 4.75. The summed E-state index contributed by atoms with van der Waals surface area (Å²) in [5.41, 5.74) is 0. The predicted octanol–water partition coefficient (Wildman–Crippen LogP) is 1.23. The van der Waals surface area contributed by atoms with Gasteiger partial charge in [-0.25, -0.2) is 4.98 Å². The minimum Gasteiger partial charge on any atom is -0.317 e. The summed E-state index contributed by atoms with van der Waals surface area (Å²) >= 11 is 0. The first-order valence-electron chi connectivity index (χ1n) is 5.91. The van der Waals surface area contributed by atoms with Gasteiger partial charge in [-0.15, -0.1) is 0 Å². The van der Waals surface area contributed by atoms with Crippen molar-refractivity contribution < 1.29 is 0 Å². The molecule has 0 aliphatic carbocycles. The van der Waals surface area contributed by atoms with Gasteiger partial charge < -0.3 is 5.32 Å². The Labute approximate surface area is 91.1 Å². The summed E-state index contributed by atoms with van der Waals surface area (Å²) in [6.07, 6.45) is 4.61. The van der Waals surface area contributed by atoms with Crippen molar-refractivity contribution >= 4 is 0 Å². The van der Waals surface area contributed by atoms with Crippen molar-refractivity contribution in [3.05, 3.63) is 11.6 Å². The number of nitrogens with one attached hydrogen (secondary N) is 1. The topological polar surface area (TPSA) is 42.7 Å². The molecule has 15 heavy (non-hydrogen) atoms. The Balaban J connectivity index is 2.15. The van der Waals surface area contributed by atoms with Crippen LogP contribution < -0.4 is 5.32 Å². The summed E-state index contributed by atoms with van der Waals surface area (Å²) in [5.74, 6) is 2.75. The van der Waals surface area contributed by atoms with Crippen LogP contribution in [0.2, 0.25) is 0 Å². The molecule has 4 heteroatoms. The lowest BCUT2D eigenvalue weighted by atomic mass is 10.00. The molecule has 84 valence electrons. The molecule has 1 atom stereocenters. The van der Waals surface area contributed by atoms with E-state index in [2.05, 4.69) is 22.3 Å². The molecule has 1 saturated heterocycles. The third-order valence-electron chi connectivity index (χ3n) is 3.10. The highest BCUT2D eigenvalue weighted by molar-refractivity contribution is 5.00. The highest BCUT2D eigenvalue weighted by Gasteiger charge is 2.19. The molecular weight excluding hydrogens is 188 g/mol. The molecule has 0 bridgehead atoms. The summed E-state index contributed by atoms with van der Waals surface area (Å²) in [6.45, 7) is 4.36. The number of aromatic nitrogens is 3. The van der Waals surface area contributed by atoms with Crippen LogP contribution in [0, 0.1) is 0 Å². The van der Waals surface area contributed by atoms with E-state index in [1.807, 2.05) is 11.7 Å². The van der Waals surface area contributed by atoms with E-state index in [4.69, 9.17) is 0 Å². The minimum atomic E-state index is 0.595. The lowest BCUT2D eigenvalue weighted by molar-refractivity contribution is 0.539. The quantitative estimate of drug-likeness (QED) is 0.795. The van der Waals surface area contributed by atoms with Crippen LogP contribution in [0.15, 0.2) is 0 Å². The summed E-state index contributed by atoms with van der Waals surface area (Å²) in [6, 6.07) is 0. The first kappa shape index (κ1) is 10.6. The molecule has 0 spiro atoms. The van der Waals surface area contributed by atoms with Crippen molar-refractivity contribution in [1.29, 1.82) is 0 Å². The van der Waals surface area contributed by atoms with E-state index >= 15 is 0 Å². The van der Waals surface area contributed by atoms with Gasteiger partial charge in [-0.05, 0) is 32.4 Å². The zero-order chi connectivity index (χ0) is 10.7. The van der Waals surface area contributed by atoms with E-state index in [0.29, 0.717) is 5.92 Å². The van der Waals surface area contributed by atoms with Crippen LogP contribution in [0.4, 0.5) is 0 Å². The second-order valence-electron chi connectivity index (χ2n) is 4.24. The van der Waals surface area contributed by atoms with E-state index in [-0.39, 0.29) is 0 Å². The first-order chi connectivity index (χ1) is 7.31. The lowest BCUT2D eigenvalue weighted by Gasteiger charge is -2.11. The zero-order valence-corrected chi connectivity index (χ0v) is 9.66. The fraction of sp³-hybridized carbons (Fsp3) is 0.818. The maximum atomic E-state index is 4.62. The van der Waals surface area contributed by atoms with Crippen LogP contribution in [-0.2, 0) is 13.5 Å². The molecule has 2 rings (SSSR count). The average molecular weight is 208 g/mol. The minimum absolute atomic E-state index is 0.595. The molecule has 1 aromatic heterocycles. The Bertz CT molecular complexity index is 310. The van der Waals surface area contributed by atoms with Crippen LogP contribution >= 0.6 is 0 Å². The van der Waals surface area contributed by atoms with Crippen molar-refractivity contribution in [2.45, 2.75) is 38.5 Å². The van der Waals surface area contributed by atoms with Gasteiger partial charge in [-0.1, -0.05) is 6.92 Å². The van der Waals surface area contributed by atoms with Crippen molar-refractivity contribution in [3.63, 3.8) is 0 Å². The van der Waals surface area contributed by atoms with Gasteiger partial charge in [-0.2, -0.15) is 5.10 Å². The summed E-state index contributed by atoms with van der Waals surface area (Å²) in [4.78, 5) is 4.62. The third kappa shape index (κ3) is 2.37. The Kier molecular flexibility index (Phi) is 3.36. The van der Waals surface area contributed by atoms with Gasteiger partial charge in [-0.3, -0.25) is 4.68 Å². The molecule has 0 amide bonds. The van der Waals surface area contributed by atoms with E-state index in [1.54, 1.807) is 0 Å². The lowest BCUT2D eigenvalue weighted by Crippen LogP contribution is -2.14. The predicted molar refractivity (Wildman–Crippen MR) is 59.8 cm³/mol. The van der Waals surface area contributed by atoms with Crippen molar-refractivity contribution in [1.82, 2.24) is 20.1 Å². The van der Waals surface area contributed by atoms with E-state index < -0.39 is 0 Å². The Morgan fingerprint density at radius 1 is 1.40 bits per heavy atom. The fourth-order valence-electron chi connectivity index (χ4n) is 2.23. The fourth-order valence-corrected chi connectivity index (χ4v) is 2.23. The number of hydrogen-bond acceptors (Lipinski definition) is 3. The molecule has 1 fully saturated rings. The number of hydrogen-bond donors (Lipinski definition) is 1. The van der Waals surface area contributed by atoms with Gasteiger partial charge in [0, 0.05) is 19.4 Å². The molecule has 0 aromatic carbocycles.